The molecule has 0 heterocycles. The lowest BCUT2D eigenvalue weighted by Crippen LogP contribution is -2.46. The molecule has 0 spiro atoms. The number of carbonyl (C=O) groups is 1. The van der Waals surface area contributed by atoms with Gasteiger partial charge in [-0.05, 0) is 20.3 Å². The Morgan fingerprint density at radius 3 is 2.31 bits per heavy atom. The maximum atomic E-state index is 11.0. The van der Waals surface area contributed by atoms with Crippen LogP contribution in [0.3, 0.4) is 0 Å². The average Bonchev–Trinajstić information content (AvgIpc) is 2.27. The number of hydrogen-bond acceptors (Lipinski definition) is 3. The second-order valence-electron chi connectivity index (χ2n) is 4.36. The van der Waals surface area contributed by atoms with Gasteiger partial charge in [0.15, 0.2) is 0 Å². The molecular formula is C12H25NO3. The van der Waals surface area contributed by atoms with Crippen molar-refractivity contribution in [2.24, 2.45) is 5.92 Å². The topological polar surface area (TPSA) is 49.8 Å². The average molecular weight is 231 g/mol. The van der Waals surface area contributed by atoms with E-state index >= 15 is 0 Å². The number of carboxylic acid groups (broad SMARTS) is 1. The molecule has 96 valence electrons. The van der Waals surface area contributed by atoms with Crippen LogP contribution in [0.2, 0.25) is 0 Å². The van der Waals surface area contributed by atoms with E-state index in [1.54, 1.807) is 14.0 Å². The predicted molar refractivity (Wildman–Crippen MR) is 64.6 cm³/mol. The largest absolute Gasteiger partial charge is 0.481 e. The molecule has 0 aromatic carbocycles. The zero-order valence-corrected chi connectivity index (χ0v) is 11.1. The van der Waals surface area contributed by atoms with Crippen LogP contribution in [0.1, 0.15) is 34.1 Å². The van der Waals surface area contributed by atoms with Gasteiger partial charge in [0.2, 0.25) is 0 Å². The Morgan fingerprint density at radius 2 is 1.94 bits per heavy atom. The lowest BCUT2D eigenvalue weighted by molar-refractivity contribution is -0.143. The lowest BCUT2D eigenvalue weighted by Gasteiger charge is -2.35. The molecule has 0 aromatic rings. The van der Waals surface area contributed by atoms with E-state index in [0.29, 0.717) is 12.6 Å². The van der Waals surface area contributed by atoms with E-state index in [0.717, 1.165) is 13.0 Å². The van der Waals surface area contributed by atoms with Crippen molar-refractivity contribution in [3.05, 3.63) is 0 Å². The molecule has 4 nitrogen and oxygen atoms in total. The van der Waals surface area contributed by atoms with Gasteiger partial charge in [-0.1, -0.05) is 13.8 Å². The van der Waals surface area contributed by atoms with Gasteiger partial charge in [0.05, 0.1) is 12.5 Å². The summed E-state index contributed by atoms with van der Waals surface area (Å²) in [5.41, 5.74) is 0. The summed E-state index contributed by atoms with van der Waals surface area (Å²) in [6.07, 6.45) is 1.01. The summed E-state index contributed by atoms with van der Waals surface area (Å²) in [4.78, 5) is 13.2. The third kappa shape index (κ3) is 4.49. The minimum absolute atomic E-state index is 0.0302. The van der Waals surface area contributed by atoms with Gasteiger partial charge < -0.3 is 9.84 Å². The third-order valence-electron chi connectivity index (χ3n) is 3.35. The molecule has 0 amide bonds. The molecule has 4 heteroatoms. The predicted octanol–water partition coefficient (Wildman–Crippen LogP) is 1.84. The Balaban J connectivity index is 4.53. The normalized spacial score (nSPS) is 17.1. The second-order valence-corrected chi connectivity index (χ2v) is 4.36. The monoisotopic (exact) mass is 231 g/mol. The first kappa shape index (κ1) is 15.4. The number of ether oxygens (including phenoxy) is 1. The minimum atomic E-state index is -0.738. The Kier molecular flexibility index (Phi) is 7.34. The van der Waals surface area contributed by atoms with Crippen LogP contribution in [-0.4, -0.2) is 48.3 Å². The van der Waals surface area contributed by atoms with E-state index < -0.39 is 5.97 Å². The van der Waals surface area contributed by atoms with E-state index in [-0.39, 0.29) is 12.0 Å². The van der Waals surface area contributed by atoms with Gasteiger partial charge in [-0.3, -0.25) is 9.69 Å². The summed E-state index contributed by atoms with van der Waals surface area (Å²) in [6, 6.07) is 0.412. The number of hydrogen-bond donors (Lipinski definition) is 1. The molecule has 3 unspecified atom stereocenters. The van der Waals surface area contributed by atoms with Crippen molar-refractivity contribution in [2.75, 3.05) is 20.3 Å². The van der Waals surface area contributed by atoms with Crippen LogP contribution in [0, 0.1) is 5.92 Å². The fourth-order valence-corrected chi connectivity index (χ4v) is 1.75. The van der Waals surface area contributed by atoms with Crippen LogP contribution in [0.5, 0.6) is 0 Å². The van der Waals surface area contributed by atoms with Crippen LogP contribution in [0.15, 0.2) is 0 Å². The van der Waals surface area contributed by atoms with Crippen molar-refractivity contribution in [3.63, 3.8) is 0 Å². The first-order valence-electron chi connectivity index (χ1n) is 5.93. The van der Waals surface area contributed by atoms with Crippen LogP contribution in [0.25, 0.3) is 0 Å². The summed E-state index contributed by atoms with van der Waals surface area (Å²) in [5.74, 6) is -1.09. The van der Waals surface area contributed by atoms with Crippen molar-refractivity contribution < 1.29 is 14.6 Å². The number of aliphatic carboxylic acids is 1. The van der Waals surface area contributed by atoms with Crippen molar-refractivity contribution in [1.82, 2.24) is 4.90 Å². The zero-order chi connectivity index (χ0) is 12.7. The lowest BCUT2D eigenvalue weighted by atomic mass is 10.00. The fourth-order valence-electron chi connectivity index (χ4n) is 1.75. The van der Waals surface area contributed by atoms with E-state index in [2.05, 4.69) is 18.7 Å². The highest BCUT2D eigenvalue weighted by molar-refractivity contribution is 5.70. The molecular weight excluding hydrogens is 206 g/mol. The quantitative estimate of drug-likeness (QED) is 0.692. The van der Waals surface area contributed by atoms with Gasteiger partial charge >= 0.3 is 5.97 Å². The minimum Gasteiger partial charge on any atom is -0.481 e. The highest BCUT2D eigenvalue weighted by Crippen LogP contribution is 2.16. The van der Waals surface area contributed by atoms with Gasteiger partial charge in [-0.15, -0.1) is 0 Å². The highest BCUT2D eigenvalue weighted by Gasteiger charge is 2.27. The SMILES string of the molecule is CCC(C)N(CCOC)C(C)C(C)C(=O)O. The summed E-state index contributed by atoms with van der Waals surface area (Å²) in [6.45, 7) is 9.39. The van der Waals surface area contributed by atoms with E-state index in [1.807, 2.05) is 6.92 Å². The van der Waals surface area contributed by atoms with Gasteiger partial charge in [0.1, 0.15) is 0 Å². The van der Waals surface area contributed by atoms with Crippen LogP contribution < -0.4 is 0 Å². The molecule has 0 saturated heterocycles. The van der Waals surface area contributed by atoms with Crippen molar-refractivity contribution >= 4 is 5.97 Å². The molecule has 3 atom stereocenters. The molecule has 0 aliphatic rings. The Bertz CT molecular complexity index is 208. The van der Waals surface area contributed by atoms with Crippen molar-refractivity contribution in [2.45, 2.75) is 46.2 Å². The molecule has 0 fully saturated rings. The van der Waals surface area contributed by atoms with Gasteiger partial charge in [0, 0.05) is 25.7 Å². The van der Waals surface area contributed by atoms with Crippen molar-refractivity contribution in [3.8, 4) is 0 Å². The van der Waals surface area contributed by atoms with Crippen molar-refractivity contribution in [1.29, 1.82) is 0 Å². The maximum absolute atomic E-state index is 11.0. The van der Waals surface area contributed by atoms with E-state index in [9.17, 15) is 4.79 Å². The van der Waals surface area contributed by atoms with E-state index in [1.165, 1.54) is 0 Å². The second kappa shape index (κ2) is 7.63. The summed E-state index contributed by atoms with van der Waals surface area (Å²) >= 11 is 0. The summed E-state index contributed by atoms with van der Waals surface area (Å²) in [5, 5.41) is 9.02. The van der Waals surface area contributed by atoms with Gasteiger partial charge in [-0.25, -0.2) is 0 Å². The fraction of sp³-hybridized carbons (Fsp3) is 0.917. The smallest absolute Gasteiger partial charge is 0.307 e. The zero-order valence-electron chi connectivity index (χ0n) is 11.1. The van der Waals surface area contributed by atoms with Crippen LogP contribution in [-0.2, 0) is 9.53 Å². The molecule has 0 aliphatic heterocycles. The molecule has 0 rings (SSSR count). The summed E-state index contributed by atoms with van der Waals surface area (Å²) < 4.78 is 5.07. The van der Waals surface area contributed by atoms with E-state index in [4.69, 9.17) is 9.84 Å². The molecule has 0 saturated carbocycles. The number of methoxy groups -OCH3 is 1. The molecule has 0 aliphatic carbocycles. The Hall–Kier alpha value is -0.610. The van der Waals surface area contributed by atoms with Gasteiger partial charge in [0.25, 0.3) is 0 Å². The third-order valence-corrected chi connectivity index (χ3v) is 3.35. The maximum Gasteiger partial charge on any atom is 0.307 e. The van der Waals surface area contributed by atoms with Crippen LogP contribution in [0.4, 0.5) is 0 Å². The molecule has 0 radical (unpaired) electrons. The Morgan fingerprint density at radius 1 is 1.38 bits per heavy atom. The number of rotatable bonds is 8. The standard InChI is InChI=1S/C12H25NO3/c1-6-9(2)13(7-8-16-5)11(4)10(3)12(14)15/h9-11H,6-8H2,1-5H3,(H,14,15). The molecule has 0 bridgehead atoms. The Labute approximate surface area is 98.6 Å². The van der Waals surface area contributed by atoms with Gasteiger partial charge in [-0.2, -0.15) is 0 Å². The van der Waals surface area contributed by atoms with Crippen LogP contribution >= 0.6 is 0 Å². The number of carboxylic acids is 1. The molecule has 16 heavy (non-hydrogen) atoms. The molecule has 1 N–H and O–H groups in total. The molecule has 0 aromatic heterocycles. The first-order chi connectivity index (χ1) is 7.45. The first-order valence-corrected chi connectivity index (χ1v) is 5.93. The number of nitrogens with zero attached hydrogens (tertiary/aromatic N) is 1. The highest BCUT2D eigenvalue weighted by atomic mass is 16.5. The summed E-state index contributed by atoms with van der Waals surface area (Å²) in [7, 11) is 1.67.